The molecule has 1 aromatic carbocycles. The number of rotatable bonds is 3. The van der Waals surface area contributed by atoms with Gasteiger partial charge in [-0.2, -0.15) is 0 Å². The van der Waals surface area contributed by atoms with Crippen molar-refractivity contribution in [2.45, 2.75) is 49.7 Å². The van der Waals surface area contributed by atoms with E-state index in [1.807, 2.05) is 6.92 Å². The standard InChI is InChI=1S/C15H20O4S/c1-10-6-7-13(11(2)9-10)20(18,19)15(14(16)17)8-4-5-12(15)3/h6-7,9,12H,4-5,8H2,1-3H3,(H,16,17). The number of aryl methyl sites for hydroxylation is 2. The Balaban J connectivity index is 2.67. The molecule has 0 radical (unpaired) electrons. The molecule has 0 spiro atoms. The fourth-order valence-corrected chi connectivity index (χ4v) is 5.69. The zero-order chi connectivity index (χ0) is 15.1. The van der Waals surface area contributed by atoms with E-state index in [-0.39, 0.29) is 17.2 Å². The maximum absolute atomic E-state index is 13.0. The number of hydrogen-bond donors (Lipinski definition) is 1. The summed E-state index contributed by atoms with van der Waals surface area (Å²) in [6, 6.07) is 5.03. The van der Waals surface area contributed by atoms with Gasteiger partial charge in [-0.25, -0.2) is 8.42 Å². The van der Waals surface area contributed by atoms with Crippen molar-refractivity contribution >= 4 is 15.8 Å². The summed E-state index contributed by atoms with van der Waals surface area (Å²) < 4.78 is 24.2. The Hall–Kier alpha value is -1.36. The van der Waals surface area contributed by atoms with E-state index < -0.39 is 20.6 Å². The molecule has 20 heavy (non-hydrogen) atoms. The van der Waals surface area contributed by atoms with Gasteiger partial charge in [0.2, 0.25) is 0 Å². The van der Waals surface area contributed by atoms with Crippen LogP contribution in [0.4, 0.5) is 0 Å². The molecule has 110 valence electrons. The van der Waals surface area contributed by atoms with Gasteiger partial charge in [0, 0.05) is 0 Å². The third kappa shape index (κ3) is 1.95. The maximum atomic E-state index is 13.0. The lowest BCUT2D eigenvalue weighted by Crippen LogP contribution is -2.48. The van der Waals surface area contributed by atoms with Crippen LogP contribution in [0.15, 0.2) is 23.1 Å². The Bertz CT molecular complexity index is 648. The van der Waals surface area contributed by atoms with E-state index in [2.05, 4.69) is 0 Å². The minimum atomic E-state index is -3.90. The summed E-state index contributed by atoms with van der Waals surface area (Å²) in [4.78, 5) is 11.9. The van der Waals surface area contributed by atoms with Crippen LogP contribution in [0.3, 0.4) is 0 Å². The zero-order valence-electron chi connectivity index (χ0n) is 12.0. The van der Waals surface area contributed by atoms with Crippen molar-refractivity contribution in [2.75, 3.05) is 0 Å². The van der Waals surface area contributed by atoms with Crippen LogP contribution < -0.4 is 0 Å². The highest BCUT2D eigenvalue weighted by Gasteiger charge is 2.58. The number of carbonyl (C=O) groups is 1. The van der Waals surface area contributed by atoms with Gasteiger partial charge in [0.1, 0.15) is 0 Å². The summed E-state index contributed by atoms with van der Waals surface area (Å²) in [5, 5.41) is 9.60. The number of carboxylic acid groups (broad SMARTS) is 1. The van der Waals surface area contributed by atoms with Gasteiger partial charge in [-0.3, -0.25) is 4.79 Å². The molecule has 2 unspecified atom stereocenters. The molecule has 4 nitrogen and oxygen atoms in total. The van der Waals surface area contributed by atoms with Crippen molar-refractivity contribution in [1.82, 2.24) is 0 Å². The van der Waals surface area contributed by atoms with Crippen molar-refractivity contribution in [3.63, 3.8) is 0 Å². The molecule has 5 heteroatoms. The van der Waals surface area contributed by atoms with Crippen LogP contribution in [0, 0.1) is 19.8 Å². The summed E-state index contributed by atoms with van der Waals surface area (Å²) in [5.41, 5.74) is 1.58. The Morgan fingerprint density at radius 1 is 1.35 bits per heavy atom. The van der Waals surface area contributed by atoms with Gasteiger partial charge in [-0.05, 0) is 44.2 Å². The molecular weight excluding hydrogens is 276 g/mol. The smallest absolute Gasteiger partial charge is 0.325 e. The quantitative estimate of drug-likeness (QED) is 0.931. The lowest BCUT2D eigenvalue weighted by molar-refractivity contribution is -0.141. The Morgan fingerprint density at radius 2 is 2.00 bits per heavy atom. The molecule has 2 atom stereocenters. The average molecular weight is 296 g/mol. The van der Waals surface area contributed by atoms with Gasteiger partial charge in [0.05, 0.1) is 4.90 Å². The minimum absolute atomic E-state index is 0.152. The Kier molecular flexibility index (Phi) is 3.67. The molecule has 1 N–H and O–H groups in total. The van der Waals surface area contributed by atoms with E-state index in [9.17, 15) is 18.3 Å². The van der Waals surface area contributed by atoms with Gasteiger partial charge in [-0.1, -0.05) is 31.0 Å². The first-order chi connectivity index (χ1) is 9.23. The highest BCUT2D eigenvalue weighted by Crippen LogP contribution is 2.45. The monoisotopic (exact) mass is 296 g/mol. The number of hydrogen-bond acceptors (Lipinski definition) is 3. The van der Waals surface area contributed by atoms with Crippen LogP contribution >= 0.6 is 0 Å². The predicted octanol–water partition coefficient (Wildman–Crippen LogP) is 2.72. The van der Waals surface area contributed by atoms with Crippen molar-refractivity contribution in [3.05, 3.63) is 29.3 Å². The van der Waals surface area contributed by atoms with Gasteiger partial charge in [0.25, 0.3) is 0 Å². The molecule has 1 aliphatic rings. The second-order valence-corrected chi connectivity index (χ2v) is 7.94. The molecule has 2 rings (SSSR count). The molecule has 0 saturated heterocycles. The highest BCUT2D eigenvalue weighted by atomic mass is 32.2. The van der Waals surface area contributed by atoms with Crippen LogP contribution in [0.5, 0.6) is 0 Å². The first kappa shape index (κ1) is 15.0. The molecule has 0 aliphatic heterocycles. The van der Waals surface area contributed by atoms with Crippen molar-refractivity contribution in [3.8, 4) is 0 Å². The maximum Gasteiger partial charge on any atom is 0.325 e. The predicted molar refractivity (Wildman–Crippen MR) is 76.5 cm³/mol. The van der Waals surface area contributed by atoms with Gasteiger partial charge < -0.3 is 5.11 Å². The van der Waals surface area contributed by atoms with Gasteiger partial charge in [-0.15, -0.1) is 0 Å². The summed E-state index contributed by atoms with van der Waals surface area (Å²) in [6.07, 6.45) is 1.47. The van der Waals surface area contributed by atoms with Crippen LogP contribution in [0.2, 0.25) is 0 Å². The van der Waals surface area contributed by atoms with E-state index in [1.54, 1.807) is 26.0 Å². The van der Waals surface area contributed by atoms with Gasteiger partial charge >= 0.3 is 5.97 Å². The lowest BCUT2D eigenvalue weighted by Gasteiger charge is -2.29. The van der Waals surface area contributed by atoms with Crippen LogP contribution in [-0.2, 0) is 14.6 Å². The summed E-state index contributed by atoms with van der Waals surface area (Å²) in [6.45, 7) is 5.33. The minimum Gasteiger partial charge on any atom is -0.480 e. The molecule has 0 amide bonds. The lowest BCUT2D eigenvalue weighted by atomic mass is 9.97. The number of benzene rings is 1. The van der Waals surface area contributed by atoms with E-state index in [4.69, 9.17) is 0 Å². The number of carboxylic acids is 1. The topological polar surface area (TPSA) is 71.4 Å². The van der Waals surface area contributed by atoms with Crippen LogP contribution in [0.25, 0.3) is 0 Å². The SMILES string of the molecule is Cc1ccc(S(=O)(=O)C2(C(=O)O)CCCC2C)c(C)c1. The fraction of sp³-hybridized carbons (Fsp3) is 0.533. The van der Waals surface area contributed by atoms with E-state index in [1.165, 1.54) is 6.07 Å². The molecular formula is C15H20O4S. The highest BCUT2D eigenvalue weighted by molar-refractivity contribution is 7.93. The largest absolute Gasteiger partial charge is 0.480 e. The Morgan fingerprint density at radius 3 is 2.45 bits per heavy atom. The molecule has 0 aromatic heterocycles. The summed E-state index contributed by atoms with van der Waals surface area (Å²) in [7, 11) is -3.90. The molecule has 1 aromatic rings. The third-order valence-electron chi connectivity index (χ3n) is 4.44. The number of aliphatic carboxylic acids is 1. The molecule has 0 heterocycles. The second-order valence-electron chi connectivity index (χ2n) is 5.76. The molecule has 1 saturated carbocycles. The third-order valence-corrected chi connectivity index (χ3v) is 7.22. The molecule has 1 aliphatic carbocycles. The van der Waals surface area contributed by atoms with Crippen molar-refractivity contribution in [1.29, 1.82) is 0 Å². The summed E-state index contributed by atoms with van der Waals surface area (Å²) in [5.74, 6) is -1.59. The van der Waals surface area contributed by atoms with Crippen LogP contribution in [-0.4, -0.2) is 24.2 Å². The molecule has 1 fully saturated rings. The zero-order valence-corrected chi connectivity index (χ0v) is 12.8. The first-order valence-electron chi connectivity index (χ1n) is 6.79. The first-order valence-corrected chi connectivity index (χ1v) is 8.27. The Labute approximate surface area is 119 Å². The van der Waals surface area contributed by atoms with Crippen molar-refractivity contribution in [2.24, 2.45) is 5.92 Å². The van der Waals surface area contributed by atoms with Crippen molar-refractivity contribution < 1.29 is 18.3 Å². The average Bonchev–Trinajstić information content (AvgIpc) is 2.71. The normalized spacial score (nSPS) is 26.6. The van der Waals surface area contributed by atoms with Crippen LogP contribution in [0.1, 0.15) is 37.3 Å². The fourth-order valence-electron chi connectivity index (χ4n) is 3.28. The van der Waals surface area contributed by atoms with E-state index >= 15 is 0 Å². The van der Waals surface area contributed by atoms with E-state index in [0.29, 0.717) is 18.4 Å². The van der Waals surface area contributed by atoms with Gasteiger partial charge in [0.15, 0.2) is 14.6 Å². The molecule has 0 bridgehead atoms. The number of sulfone groups is 1. The summed E-state index contributed by atoms with van der Waals surface area (Å²) >= 11 is 0. The second kappa shape index (κ2) is 4.88. The van der Waals surface area contributed by atoms with E-state index in [0.717, 1.165) is 5.56 Å².